The van der Waals surface area contributed by atoms with E-state index < -0.39 is 6.09 Å². The summed E-state index contributed by atoms with van der Waals surface area (Å²) >= 11 is 0. The summed E-state index contributed by atoms with van der Waals surface area (Å²) in [6.07, 6.45) is 1.92. The number of rotatable bonds is 0. The molecule has 1 aliphatic rings. The number of nitrogens with one attached hydrogen (secondary N) is 2. The number of amides is 1. The normalized spacial score (nSPS) is 15.1. The summed E-state index contributed by atoms with van der Waals surface area (Å²) < 4.78 is 10.9. The summed E-state index contributed by atoms with van der Waals surface area (Å²) in [4.78, 5) is 15.9. The third-order valence-electron chi connectivity index (χ3n) is 3.83. The Morgan fingerprint density at radius 3 is 3.04 bits per heavy atom. The lowest BCUT2D eigenvalue weighted by Crippen LogP contribution is -2.26. The molecule has 0 fully saturated rings. The van der Waals surface area contributed by atoms with Crippen LogP contribution in [-0.4, -0.2) is 34.4 Å². The van der Waals surface area contributed by atoms with Crippen LogP contribution in [0.5, 0.6) is 5.75 Å². The van der Waals surface area contributed by atoms with Crippen LogP contribution >= 0.6 is 0 Å². The van der Waals surface area contributed by atoms with Gasteiger partial charge in [-0.2, -0.15) is 5.10 Å². The van der Waals surface area contributed by atoms with E-state index in [4.69, 9.17) is 9.47 Å². The highest BCUT2D eigenvalue weighted by atomic mass is 16.5. The van der Waals surface area contributed by atoms with Crippen molar-refractivity contribution in [3.05, 3.63) is 42.2 Å². The number of fused-ring (bicyclic) bond motifs is 4. The fraction of sp³-hybridized carbons (Fsp3) is 0.235. The molecule has 3 heterocycles. The second kappa shape index (κ2) is 6.19. The van der Waals surface area contributed by atoms with Crippen LogP contribution in [0, 0.1) is 0 Å². The number of benzene rings is 1. The third kappa shape index (κ3) is 2.88. The van der Waals surface area contributed by atoms with Crippen LogP contribution in [0.2, 0.25) is 0 Å². The topological polar surface area (TPSA) is 89.1 Å². The SMILES string of the molecule is O=C1NCCCOc2ccc3[nH]nc(c3c2)-c2ccnc(c2)CO1. The molecular formula is C17H16N4O3. The first-order valence-electron chi connectivity index (χ1n) is 7.76. The van der Waals surface area contributed by atoms with Crippen LogP contribution in [0.15, 0.2) is 36.5 Å². The van der Waals surface area contributed by atoms with E-state index >= 15 is 0 Å². The molecular weight excluding hydrogens is 308 g/mol. The van der Waals surface area contributed by atoms with Crippen LogP contribution < -0.4 is 10.1 Å². The zero-order valence-electron chi connectivity index (χ0n) is 12.9. The van der Waals surface area contributed by atoms with E-state index in [9.17, 15) is 4.79 Å². The maximum absolute atomic E-state index is 11.7. The highest BCUT2D eigenvalue weighted by molar-refractivity contribution is 5.93. The number of hydrogen-bond donors (Lipinski definition) is 2. The fourth-order valence-electron chi connectivity index (χ4n) is 2.65. The Kier molecular flexibility index (Phi) is 3.74. The molecule has 122 valence electrons. The number of nitrogens with zero attached hydrogens (tertiary/aromatic N) is 2. The molecule has 0 aliphatic carbocycles. The highest BCUT2D eigenvalue weighted by Gasteiger charge is 2.12. The Hall–Kier alpha value is -3.09. The number of carbonyl (C=O) groups excluding carboxylic acids is 1. The van der Waals surface area contributed by atoms with E-state index in [2.05, 4.69) is 20.5 Å². The van der Waals surface area contributed by atoms with Gasteiger partial charge in [-0.1, -0.05) is 0 Å². The Labute approximate surface area is 138 Å². The van der Waals surface area contributed by atoms with Crippen molar-refractivity contribution in [2.24, 2.45) is 0 Å². The van der Waals surface area contributed by atoms with Gasteiger partial charge < -0.3 is 14.8 Å². The van der Waals surface area contributed by atoms with Gasteiger partial charge in [0, 0.05) is 23.7 Å². The summed E-state index contributed by atoms with van der Waals surface area (Å²) in [5, 5.41) is 11.1. The molecule has 0 saturated heterocycles. The minimum absolute atomic E-state index is 0.115. The number of aromatic nitrogens is 3. The van der Waals surface area contributed by atoms with E-state index in [1.165, 1.54) is 0 Å². The van der Waals surface area contributed by atoms with E-state index in [1.807, 2.05) is 30.3 Å². The van der Waals surface area contributed by atoms with Gasteiger partial charge in [0.15, 0.2) is 0 Å². The lowest BCUT2D eigenvalue weighted by molar-refractivity contribution is 0.137. The minimum Gasteiger partial charge on any atom is -0.494 e. The molecule has 0 spiro atoms. The lowest BCUT2D eigenvalue weighted by atomic mass is 10.1. The Morgan fingerprint density at radius 2 is 2.08 bits per heavy atom. The van der Waals surface area contributed by atoms with Crippen LogP contribution in [0.3, 0.4) is 0 Å². The predicted molar refractivity (Wildman–Crippen MR) is 87.6 cm³/mol. The van der Waals surface area contributed by atoms with E-state index in [0.717, 1.165) is 27.9 Å². The number of H-pyrrole nitrogens is 1. The Morgan fingerprint density at radius 1 is 1.12 bits per heavy atom. The molecule has 0 radical (unpaired) electrons. The molecule has 7 nitrogen and oxygen atoms in total. The number of cyclic esters (lactones) is 1. The van der Waals surface area contributed by atoms with Crippen LogP contribution in [0.4, 0.5) is 4.79 Å². The van der Waals surface area contributed by atoms with E-state index in [0.29, 0.717) is 25.3 Å². The smallest absolute Gasteiger partial charge is 0.407 e. The quantitative estimate of drug-likeness (QED) is 0.663. The molecule has 4 bridgehead atoms. The van der Waals surface area contributed by atoms with Crippen molar-refractivity contribution in [1.82, 2.24) is 20.5 Å². The molecule has 7 heteroatoms. The highest BCUT2D eigenvalue weighted by Crippen LogP contribution is 2.29. The molecule has 2 N–H and O–H groups in total. The Bertz CT molecular complexity index is 890. The van der Waals surface area contributed by atoms with E-state index in [1.54, 1.807) is 6.20 Å². The van der Waals surface area contributed by atoms with Crippen LogP contribution in [0.25, 0.3) is 22.2 Å². The van der Waals surface area contributed by atoms with Crippen molar-refractivity contribution >= 4 is 17.0 Å². The largest absolute Gasteiger partial charge is 0.494 e. The standard InChI is InChI=1S/C17H16N4O3/c22-17-19-5-1-7-23-13-2-3-15-14(9-13)16(21-20-15)11-4-6-18-12(8-11)10-24-17/h2-4,6,8-9H,1,5,7,10H2,(H,19,22)(H,20,21). The molecule has 3 aromatic rings. The van der Waals surface area contributed by atoms with Crippen LogP contribution in [0.1, 0.15) is 12.1 Å². The second-order valence-electron chi connectivity index (χ2n) is 5.52. The summed E-state index contributed by atoms with van der Waals surface area (Å²) in [6, 6.07) is 9.58. The van der Waals surface area contributed by atoms with Crippen LogP contribution in [-0.2, 0) is 11.3 Å². The summed E-state index contributed by atoms with van der Waals surface area (Å²) in [5.74, 6) is 0.775. The first-order valence-corrected chi connectivity index (χ1v) is 7.76. The summed E-state index contributed by atoms with van der Waals surface area (Å²) in [7, 11) is 0. The first kappa shape index (κ1) is 14.5. The third-order valence-corrected chi connectivity index (χ3v) is 3.83. The molecule has 1 amide bonds. The zero-order valence-corrected chi connectivity index (χ0v) is 12.9. The zero-order chi connectivity index (χ0) is 16.4. The maximum Gasteiger partial charge on any atom is 0.407 e. The monoisotopic (exact) mass is 324 g/mol. The van der Waals surface area contributed by atoms with Gasteiger partial charge in [-0.05, 0) is 36.8 Å². The second-order valence-corrected chi connectivity index (χ2v) is 5.52. The van der Waals surface area contributed by atoms with Gasteiger partial charge in [0.2, 0.25) is 0 Å². The summed E-state index contributed by atoms with van der Waals surface area (Å²) in [6.45, 7) is 1.11. The van der Waals surface area contributed by atoms with Gasteiger partial charge in [0.05, 0.1) is 17.8 Å². The van der Waals surface area contributed by atoms with Gasteiger partial charge in [-0.25, -0.2) is 4.79 Å². The first-order chi connectivity index (χ1) is 11.8. The van der Waals surface area contributed by atoms with Gasteiger partial charge in [-0.3, -0.25) is 10.1 Å². The molecule has 2 aromatic heterocycles. The number of alkyl carbamates (subject to hydrolysis) is 1. The molecule has 0 saturated carbocycles. The van der Waals surface area contributed by atoms with Crippen molar-refractivity contribution in [3.8, 4) is 17.0 Å². The van der Waals surface area contributed by atoms with Gasteiger partial charge in [-0.15, -0.1) is 0 Å². The average molecular weight is 324 g/mol. The van der Waals surface area contributed by atoms with E-state index in [-0.39, 0.29) is 6.61 Å². The molecule has 24 heavy (non-hydrogen) atoms. The molecule has 0 atom stereocenters. The lowest BCUT2D eigenvalue weighted by Gasteiger charge is -2.08. The Balaban J connectivity index is 1.78. The van der Waals surface area contributed by atoms with Crippen molar-refractivity contribution in [2.45, 2.75) is 13.0 Å². The fourth-order valence-corrected chi connectivity index (χ4v) is 2.65. The molecule has 1 aliphatic heterocycles. The van der Waals surface area contributed by atoms with Gasteiger partial charge >= 0.3 is 6.09 Å². The molecule has 0 unspecified atom stereocenters. The van der Waals surface area contributed by atoms with Crippen molar-refractivity contribution < 1.29 is 14.3 Å². The molecule has 1 aromatic carbocycles. The number of carbonyl (C=O) groups is 1. The number of hydrogen-bond acceptors (Lipinski definition) is 5. The average Bonchev–Trinajstić information content (AvgIpc) is 3.02. The van der Waals surface area contributed by atoms with Gasteiger partial charge in [0.25, 0.3) is 0 Å². The van der Waals surface area contributed by atoms with Crippen molar-refractivity contribution in [3.63, 3.8) is 0 Å². The maximum atomic E-state index is 11.7. The minimum atomic E-state index is -0.459. The number of pyridine rings is 1. The number of aromatic amines is 1. The van der Waals surface area contributed by atoms with Crippen molar-refractivity contribution in [1.29, 1.82) is 0 Å². The number of ether oxygens (including phenoxy) is 2. The summed E-state index contributed by atoms with van der Waals surface area (Å²) in [5.41, 5.74) is 3.33. The molecule has 4 rings (SSSR count). The predicted octanol–water partition coefficient (Wildman–Crippen LogP) is 2.63. The van der Waals surface area contributed by atoms with Crippen molar-refractivity contribution in [2.75, 3.05) is 13.2 Å². The van der Waals surface area contributed by atoms with Gasteiger partial charge in [0.1, 0.15) is 18.1 Å².